The average molecular weight is 349 g/mol. The van der Waals surface area contributed by atoms with Gasteiger partial charge < -0.3 is 4.42 Å². The van der Waals surface area contributed by atoms with Gasteiger partial charge in [-0.3, -0.25) is 20.4 Å². The lowest BCUT2D eigenvalue weighted by Crippen LogP contribution is -2.42. The molecule has 3 aromatic rings. The summed E-state index contributed by atoms with van der Waals surface area (Å²) < 4.78 is 5.39. The van der Waals surface area contributed by atoms with Crippen LogP contribution in [-0.2, 0) is 17.6 Å². The summed E-state index contributed by atoms with van der Waals surface area (Å²) in [7, 11) is 0. The number of nitrogens with zero attached hydrogens (tertiary/aromatic N) is 1. The Morgan fingerprint density at radius 3 is 2.42 bits per heavy atom. The Labute approximate surface area is 151 Å². The van der Waals surface area contributed by atoms with Crippen molar-refractivity contribution in [3.63, 3.8) is 0 Å². The minimum absolute atomic E-state index is 0.00534. The zero-order valence-corrected chi connectivity index (χ0v) is 14.4. The van der Waals surface area contributed by atoms with E-state index in [2.05, 4.69) is 15.8 Å². The second kappa shape index (κ2) is 8.11. The molecule has 0 bridgehead atoms. The number of carbonyl (C=O) groups excluding carboxylic acids is 2. The third-order valence-electron chi connectivity index (χ3n) is 3.85. The first-order valence-electron chi connectivity index (χ1n) is 8.33. The average Bonchev–Trinajstić information content (AvgIpc) is 3.15. The number of hydrazine groups is 1. The van der Waals surface area contributed by atoms with Crippen LogP contribution in [0.5, 0.6) is 0 Å². The van der Waals surface area contributed by atoms with E-state index >= 15 is 0 Å². The zero-order chi connectivity index (χ0) is 18.4. The SMILES string of the molecule is CCc1ccc(C(=O)NNC(=O)Cc2coc(-c3ccccc3)n2)cc1. The molecule has 132 valence electrons. The molecule has 0 aliphatic rings. The molecule has 1 aromatic heterocycles. The van der Waals surface area contributed by atoms with Crippen LogP contribution in [0.3, 0.4) is 0 Å². The predicted octanol–water partition coefficient (Wildman–Crippen LogP) is 2.91. The van der Waals surface area contributed by atoms with Crippen LogP contribution >= 0.6 is 0 Å². The van der Waals surface area contributed by atoms with Crippen LogP contribution in [0.25, 0.3) is 11.5 Å². The number of nitrogens with one attached hydrogen (secondary N) is 2. The van der Waals surface area contributed by atoms with Crippen LogP contribution in [0, 0.1) is 0 Å². The van der Waals surface area contributed by atoms with Gasteiger partial charge in [0.2, 0.25) is 11.8 Å². The third-order valence-corrected chi connectivity index (χ3v) is 3.85. The topological polar surface area (TPSA) is 84.2 Å². The van der Waals surface area contributed by atoms with E-state index in [-0.39, 0.29) is 18.2 Å². The van der Waals surface area contributed by atoms with Crippen LogP contribution in [0.2, 0.25) is 0 Å². The molecule has 2 aromatic carbocycles. The smallest absolute Gasteiger partial charge is 0.269 e. The fourth-order valence-corrected chi connectivity index (χ4v) is 2.40. The lowest BCUT2D eigenvalue weighted by molar-refractivity contribution is -0.121. The highest BCUT2D eigenvalue weighted by atomic mass is 16.3. The van der Waals surface area contributed by atoms with Gasteiger partial charge in [-0.1, -0.05) is 37.3 Å². The number of amides is 2. The molecule has 2 N–H and O–H groups in total. The first kappa shape index (κ1) is 17.4. The number of benzene rings is 2. The summed E-state index contributed by atoms with van der Waals surface area (Å²) >= 11 is 0. The summed E-state index contributed by atoms with van der Waals surface area (Å²) in [6.07, 6.45) is 2.35. The Hall–Kier alpha value is -3.41. The van der Waals surface area contributed by atoms with Gasteiger partial charge in [-0.15, -0.1) is 0 Å². The van der Waals surface area contributed by atoms with Crippen molar-refractivity contribution in [2.45, 2.75) is 19.8 Å². The van der Waals surface area contributed by atoms with Gasteiger partial charge in [0, 0.05) is 11.1 Å². The quantitative estimate of drug-likeness (QED) is 0.694. The zero-order valence-electron chi connectivity index (χ0n) is 14.4. The molecule has 0 aliphatic heterocycles. The number of hydrogen-bond acceptors (Lipinski definition) is 4. The van der Waals surface area contributed by atoms with Gasteiger partial charge in [0.15, 0.2) is 0 Å². The van der Waals surface area contributed by atoms with Crippen LogP contribution < -0.4 is 10.9 Å². The van der Waals surface area contributed by atoms with E-state index < -0.39 is 0 Å². The van der Waals surface area contributed by atoms with E-state index in [4.69, 9.17) is 4.42 Å². The number of aryl methyl sites for hydroxylation is 1. The Balaban J connectivity index is 1.52. The second-order valence-corrected chi connectivity index (χ2v) is 5.74. The predicted molar refractivity (Wildman–Crippen MR) is 97.1 cm³/mol. The molecule has 6 nitrogen and oxygen atoms in total. The van der Waals surface area contributed by atoms with E-state index in [1.54, 1.807) is 12.1 Å². The number of oxazole rings is 1. The molecule has 26 heavy (non-hydrogen) atoms. The van der Waals surface area contributed by atoms with Crippen molar-refractivity contribution >= 4 is 11.8 Å². The van der Waals surface area contributed by atoms with Gasteiger partial charge in [-0.2, -0.15) is 0 Å². The number of aromatic nitrogens is 1. The molecule has 0 saturated heterocycles. The molecule has 2 amide bonds. The van der Waals surface area contributed by atoms with E-state index in [9.17, 15) is 9.59 Å². The molecule has 0 fully saturated rings. The van der Waals surface area contributed by atoms with Crippen molar-refractivity contribution in [3.05, 3.63) is 77.7 Å². The standard InChI is InChI=1S/C20H19N3O3/c1-2-14-8-10-15(11-9-14)19(25)23-22-18(24)12-17-13-26-20(21-17)16-6-4-3-5-7-16/h3-11,13H,2,12H2,1H3,(H,22,24)(H,23,25). The number of rotatable bonds is 5. The van der Waals surface area contributed by atoms with Crippen molar-refractivity contribution in [2.24, 2.45) is 0 Å². The summed E-state index contributed by atoms with van der Waals surface area (Å²) in [5.41, 5.74) is 7.74. The number of carbonyl (C=O) groups is 2. The highest BCUT2D eigenvalue weighted by molar-refractivity contribution is 5.95. The van der Waals surface area contributed by atoms with E-state index in [0.29, 0.717) is 17.1 Å². The molecule has 0 atom stereocenters. The normalized spacial score (nSPS) is 10.3. The van der Waals surface area contributed by atoms with Crippen molar-refractivity contribution < 1.29 is 14.0 Å². The fraction of sp³-hybridized carbons (Fsp3) is 0.150. The van der Waals surface area contributed by atoms with Gasteiger partial charge in [0.05, 0.1) is 12.1 Å². The molecule has 6 heteroatoms. The summed E-state index contributed by atoms with van der Waals surface area (Å²) in [4.78, 5) is 28.3. The minimum Gasteiger partial charge on any atom is -0.444 e. The van der Waals surface area contributed by atoms with E-state index in [1.165, 1.54) is 6.26 Å². The summed E-state index contributed by atoms with van der Waals surface area (Å²) in [5.74, 6) is -0.295. The summed E-state index contributed by atoms with van der Waals surface area (Å²) in [6, 6.07) is 16.6. The maximum absolute atomic E-state index is 12.0. The first-order valence-corrected chi connectivity index (χ1v) is 8.33. The Morgan fingerprint density at radius 1 is 1.00 bits per heavy atom. The van der Waals surface area contributed by atoms with Crippen LogP contribution in [0.15, 0.2) is 65.3 Å². The maximum Gasteiger partial charge on any atom is 0.269 e. The molecule has 0 unspecified atom stereocenters. The van der Waals surface area contributed by atoms with Crippen LogP contribution in [0.4, 0.5) is 0 Å². The molecular weight excluding hydrogens is 330 g/mol. The van der Waals surface area contributed by atoms with Gasteiger partial charge in [0.1, 0.15) is 6.26 Å². The van der Waals surface area contributed by atoms with Gasteiger partial charge in [-0.25, -0.2) is 4.98 Å². The maximum atomic E-state index is 12.0. The molecular formula is C20H19N3O3. The Kier molecular flexibility index (Phi) is 5.43. The van der Waals surface area contributed by atoms with E-state index in [1.807, 2.05) is 49.4 Å². The molecule has 0 radical (unpaired) electrons. The molecule has 0 aliphatic carbocycles. The highest BCUT2D eigenvalue weighted by Gasteiger charge is 2.12. The van der Waals surface area contributed by atoms with Crippen molar-refractivity contribution in [1.29, 1.82) is 0 Å². The van der Waals surface area contributed by atoms with Gasteiger partial charge >= 0.3 is 0 Å². The summed E-state index contributed by atoms with van der Waals surface area (Å²) in [6.45, 7) is 2.04. The fourth-order valence-electron chi connectivity index (χ4n) is 2.40. The number of hydrogen-bond donors (Lipinski definition) is 2. The van der Waals surface area contributed by atoms with Crippen LogP contribution in [-0.4, -0.2) is 16.8 Å². The summed E-state index contributed by atoms with van der Waals surface area (Å²) in [5, 5.41) is 0. The largest absolute Gasteiger partial charge is 0.444 e. The van der Waals surface area contributed by atoms with Gasteiger partial charge in [0.25, 0.3) is 5.91 Å². The van der Waals surface area contributed by atoms with Crippen molar-refractivity contribution in [2.75, 3.05) is 0 Å². The van der Waals surface area contributed by atoms with Gasteiger partial charge in [-0.05, 0) is 36.2 Å². The second-order valence-electron chi connectivity index (χ2n) is 5.74. The molecule has 3 rings (SSSR count). The minimum atomic E-state index is -0.378. The monoisotopic (exact) mass is 349 g/mol. The third kappa shape index (κ3) is 4.36. The van der Waals surface area contributed by atoms with E-state index in [0.717, 1.165) is 17.5 Å². The van der Waals surface area contributed by atoms with Crippen molar-refractivity contribution in [3.8, 4) is 11.5 Å². The van der Waals surface area contributed by atoms with Crippen LogP contribution in [0.1, 0.15) is 28.5 Å². The Bertz CT molecular complexity index is 886. The van der Waals surface area contributed by atoms with Crippen molar-refractivity contribution in [1.82, 2.24) is 15.8 Å². The molecule has 1 heterocycles. The highest BCUT2D eigenvalue weighted by Crippen LogP contribution is 2.17. The first-order chi connectivity index (χ1) is 12.7. The lowest BCUT2D eigenvalue weighted by atomic mass is 10.1. The Morgan fingerprint density at radius 2 is 1.73 bits per heavy atom. The molecule has 0 saturated carbocycles. The molecule has 0 spiro atoms. The lowest BCUT2D eigenvalue weighted by Gasteiger charge is -2.07.